The SMILES string of the molecule is COc1ccc(-n2nc(C(=O)O)nc2C(C)C)cc1Br. The highest BCUT2D eigenvalue weighted by molar-refractivity contribution is 9.10. The van der Waals surface area contributed by atoms with Gasteiger partial charge in [-0.15, -0.1) is 5.10 Å². The first-order valence-corrected chi connectivity index (χ1v) is 6.77. The molecule has 106 valence electrons. The molecule has 0 fully saturated rings. The van der Waals surface area contributed by atoms with Crippen LogP contribution in [-0.4, -0.2) is 33.0 Å². The Morgan fingerprint density at radius 1 is 1.45 bits per heavy atom. The molecule has 0 aliphatic rings. The third-order valence-electron chi connectivity index (χ3n) is 2.72. The van der Waals surface area contributed by atoms with Crippen LogP contribution in [0.2, 0.25) is 0 Å². The van der Waals surface area contributed by atoms with Crippen LogP contribution in [0, 0.1) is 0 Å². The van der Waals surface area contributed by atoms with Crippen LogP contribution in [0.5, 0.6) is 5.75 Å². The van der Waals surface area contributed by atoms with Crippen molar-refractivity contribution >= 4 is 21.9 Å². The van der Waals surface area contributed by atoms with Gasteiger partial charge in [0.05, 0.1) is 17.3 Å². The highest BCUT2D eigenvalue weighted by Gasteiger charge is 2.19. The zero-order valence-electron chi connectivity index (χ0n) is 11.3. The van der Waals surface area contributed by atoms with E-state index in [0.29, 0.717) is 11.6 Å². The van der Waals surface area contributed by atoms with Crippen LogP contribution in [0.4, 0.5) is 0 Å². The molecule has 1 aromatic carbocycles. The molecule has 2 rings (SSSR count). The fourth-order valence-corrected chi connectivity index (χ4v) is 2.29. The van der Waals surface area contributed by atoms with Gasteiger partial charge in [0.1, 0.15) is 11.6 Å². The van der Waals surface area contributed by atoms with Gasteiger partial charge < -0.3 is 9.84 Å². The standard InChI is InChI=1S/C13H14BrN3O3/c1-7(2)12-15-11(13(18)19)16-17(12)8-4-5-10(20-3)9(14)6-8/h4-7H,1-3H3,(H,18,19). The summed E-state index contributed by atoms with van der Waals surface area (Å²) in [4.78, 5) is 15.1. The van der Waals surface area contributed by atoms with Crippen LogP contribution in [0.15, 0.2) is 22.7 Å². The highest BCUT2D eigenvalue weighted by Crippen LogP contribution is 2.28. The lowest BCUT2D eigenvalue weighted by Crippen LogP contribution is -2.05. The maximum absolute atomic E-state index is 11.0. The number of rotatable bonds is 4. The molecule has 0 bridgehead atoms. The van der Waals surface area contributed by atoms with Gasteiger partial charge in [-0.05, 0) is 34.1 Å². The Morgan fingerprint density at radius 3 is 2.65 bits per heavy atom. The lowest BCUT2D eigenvalue weighted by Gasteiger charge is -2.10. The second-order valence-electron chi connectivity index (χ2n) is 4.48. The Labute approximate surface area is 124 Å². The van der Waals surface area contributed by atoms with Crippen LogP contribution < -0.4 is 4.74 Å². The van der Waals surface area contributed by atoms with E-state index in [1.165, 1.54) is 4.68 Å². The third kappa shape index (κ3) is 2.67. The van der Waals surface area contributed by atoms with Crippen molar-refractivity contribution in [2.24, 2.45) is 0 Å². The molecule has 1 aromatic heterocycles. The van der Waals surface area contributed by atoms with Crippen LogP contribution in [0.3, 0.4) is 0 Å². The van der Waals surface area contributed by atoms with Gasteiger partial charge in [0.15, 0.2) is 0 Å². The Balaban J connectivity index is 2.56. The second kappa shape index (κ2) is 5.62. The molecule has 0 aliphatic heterocycles. The molecule has 0 saturated heterocycles. The van der Waals surface area contributed by atoms with E-state index < -0.39 is 5.97 Å². The summed E-state index contributed by atoms with van der Waals surface area (Å²) >= 11 is 3.40. The summed E-state index contributed by atoms with van der Waals surface area (Å²) in [7, 11) is 1.58. The van der Waals surface area contributed by atoms with Gasteiger partial charge in [-0.25, -0.2) is 14.5 Å². The maximum Gasteiger partial charge on any atom is 0.375 e. The first kappa shape index (κ1) is 14.5. The molecule has 0 amide bonds. The van der Waals surface area contributed by atoms with Gasteiger partial charge >= 0.3 is 5.97 Å². The zero-order chi connectivity index (χ0) is 14.9. The number of carboxylic acid groups (broad SMARTS) is 1. The first-order valence-electron chi connectivity index (χ1n) is 5.98. The smallest absolute Gasteiger partial charge is 0.375 e. The average molecular weight is 340 g/mol. The minimum atomic E-state index is -1.14. The number of ether oxygens (including phenoxy) is 1. The fourth-order valence-electron chi connectivity index (χ4n) is 1.77. The molecule has 1 N–H and O–H groups in total. The Morgan fingerprint density at radius 2 is 2.15 bits per heavy atom. The van der Waals surface area contributed by atoms with Crippen molar-refractivity contribution in [3.05, 3.63) is 34.3 Å². The van der Waals surface area contributed by atoms with Gasteiger partial charge in [0, 0.05) is 5.92 Å². The molecule has 0 aliphatic carbocycles. The van der Waals surface area contributed by atoms with E-state index in [-0.39, 0.29) is 11.7 Å². The number of hydrogen-bond donors (Lipinski definition) is 1. The number of aromatic nitrogens is 3. The number of halogens is 1. The van der Waals surface area contributed by atoms with Gasteiger partial charge in [-0.3, -0.25) is 0 Å². The van der Waals surface area contributed by atoms with Gasteiger partial charge in [-0.1, -0.05) is 13.8 Å². The van der Waals surface area contributed by atoms with Crippen LogP contribution in [0.25, 0.3) is 5.69 Å². The number of benzene rings is 1. The molecule has 0 saturated carbocycles. The summed E-state index contributed by atoms with van der Waals surface area (Å²) in [5, 5.41) is 13.1. The molecule has 0 unspecified atom stereocenters. The second-order valence-corrected chi connectivity index (χ2v) is 5.34. The number of nitrogens with zero attached hydrogens (tertiary/aromatic N) is 3. The summed E-state index contributed by atoms with van der Waals surface area (Å²) in [6, 6.07) is 5.40. The lowest BCUT2D eigenvalue weighted by molar-refractivity contribution is 0.0683. The topological polar surface area (TPSA) is 77.2 Å². The minimum Gasteiger partial charge on any atom is -0.496 e. The molecular weight excluding hydrogens is 326 g/mol. The Bertz CT molecular complexity index is 652. The van der Waals surface area contributed by atoms with E-state index >= 15 is 0 Å². The third-order valence-corrected chi connectivity index (χ3v) is 3.34. The normalized spacial score (nSPS) is 10.8. The van der Waals surface area contributed by atoms with E-state index in [4.69, 9.17) is 9.84 Å². The van der Waals surface area contributed by atoms with Crippen molar-refractivity contribution in [1.82, 2.24) is 14.8 Å². The van der Waals surface area contributed by atoms with Crippen molar-refractivity contribution in [2.75, 3.05) is 7.11 Å². The number of hydrogen-bond acceptors (Lipinski definition) is 4. The first-order chi connectivity index (χ1) is 9.43. The molecule has 0 atom stereocenters. The monoisotopic (exact) mass is 339 g/mol. The molecule has 6 nitrogen and oxygen atoms in total. The molecule has 1 heterocycles. The van der Waals surface area contributed by atoms with Crippen LogP contribution in [0.1, 0.15) is 36.2 Å². The van der Waals surface area contributed by atoms with E-state index in [9.17, 15) is 4.79 Å². The van der Waals surface area contributed by atoms with Crippen molar-refractivity contribution in [3.8, 4) is 11.4 Å². The van der Waals surface area contributed by atoms with Gasteiger partial charge in [0.2, 0.25) is 0 Å². The number of methoxy groups -OCH3 is 1. The minimum absolute atomic E-state index is 0.0523. The largest absolute Gasteiger partial charge is 0.496 e. The van der Waals surface area contributed by atoms with Crippen molar-refractivity contribution in [1.29, 1.82) is 0 Å². The van der Waals surface area contributed by atoms with Crippen molar-refractivity contribution in [2.45, 2.75) is 19.8 Å². The average Bonchev–Trinajstić information content (AvgIpc) is 2.84. The van der Waals surface area contributed by atoms with Crippen molar-refractivity contribution in [3.63, 3.8) is 0 Å². The zero-order valence-corrected chi connectivity index (χ0v) is 12.9. The van der Waals surface area contributed by atoms with Crippen LogP contribution in [-0.2, 0) is 0 Å². The van der Waals surface area contributed by atoms with Gasteiger partial charge in [0.25, 0.3) is 5.82 Å². The molecule has 2 aromatic rings. The Hall–Kier alpha value is -1.89. The number of carbonyl (C=O) groups is 1. The Kier molecular flexibility index (Phi) is 4.08. The fraction of sp³-hybridized carbons (Fsp3) is 0.308. The molecule has 7 heteroatoms. The number of aromatic carboxylic acids is 1. The van der Waals surface area contributed by atoms with Crippen LogP contribution >= 0.6 is 15.9 Å². The quantitative estimate of drug-likeness (QED) is 0.926. The molecular formula is C13H14BrN3O3. The molecule has 0 spiro atoms. The predicted octanol–water partition coefficient (Wildman–Crippen LogP) is 2.86. The predicted molar refractivity (Wildman–Crippen MR) is 76.7 cm³/mol. The summed E-state index contributed by atoms with van der Waals surface area (Å²) in [5.74, 6) is -0.00627. The summed E-state index contributed by atoms with van der Waals surface area (Å²) in [6.45, 7) is 3.87. The van der Waals surface area contributed by atoms with E-state index in [1.807, 2.05) is 19.9 Å². The van der Waals surface area contributed by atoms with Crippen molar-refractivity contribution < 1.29 is 14.6 Å². The molecule has 20 heavy (non-hydrogen) atoms. The van der Waals surface area contributed by atoms with E-state index in [0.717, 1.165) is 10.2 Å². The highest BCUT2D eigenvalue weighted by atomic mass is 79.9. The number of carboxylic acids is 1. The maximum atomic E-state index is 11.0. The van der Waals surface area contributed by atoms with Gasteiger partial charge in [-0.2, -0.15) is 0 Å². The van der Waals surface area contributed by atoms with E-state index in [2.05, 4.69) is 26.0 Å². The molecule has 0 radical (unpaired) electrons. The summed E-state index contributed by atoms with van der Waals surface area (Å²) in [5.41, 5.74) is 0.723. The summed E-state index contributed by atoms with van der Waals surface area (Å²) in [6.07, 6.45) is 0. The summed E-state index contributed by atoms with van der Waals surface area (Å²) < 4.78 is 7.47. The van der Waals surface area contributed by atoms with E-state index in [1.54, 1.807) is 19.2 Å². The lowest BCUT2D eigenvalue weighted by atomic mass is 10.2.